The van der Waals surface area contributed by atoms with Crippen molar-refractivity contribution in [2.24, 2.45) is 0 Å². The van der Waals surface area contributed by atoms with Gasteiger partial charge >= 0.3 is 0 Å². The molecule has 0 aliphatic rings. The van der Waals surface area contributed by atoms with Crippen molar-refractivity contribution < 1.29 is 22.1 Å². The van der Waals surface area contributed by atoms with Crippen LogP contribution in [0.15, 0.2) is 67.4 Å². The summed E-state index contributed by atoms with van der Waals surface area (Å²) in [6.07, 6.45) is 8.95. The Bertz CT molecular complexity index is 1470. The van der Waals surface area contributed by atoms with Crippen molar-refractivity contribution in [3.63, 3.8) is 0 Å². The molecule has 37 heavy (non-hydrogen) atoms. The highest BCUT2D eigenvalue weighted by Gasteiger charge is 2.21. The summed E-state index contributed by atoms with van der Waals surface area (Å²) in [5, 5.41) is 2.18. The number of carbonyl (C=O) groups excluding carboxylic acids is 1. The van der Waals surface area contributed by atoms with Crippen LogP contribution in [-0.4, -0.2) is 73.5 Å². The lowest BCUT2D eigenvalue weighted by atomic mass is 9.97. The maximum absolute atomic E-state index is 13.5. The van der Waals surface area contributed by atoms with E-state index in [0.29, 0.717) is 38.2 Å². The summed E-state index contributed by atoms with van der Waals surface area (Å²) in [6, 6.07) is 14.2. The van der Waals surface area contributed by atoms with Gasteiger partial charge in [-0.3, -0.25) is 8.98 Å². The molecule has 0 bridgehead atoms. The van der Waals surface area contributed by atoms with E-state index >= 15 is 0 Å². The number of carbonyl (C=O) groups is 1. The Hall–Kier alpha value is -3.47. The van der Waals surface area contributed by atoms with Crippen LogP contribution in [-0.2, 0) is 32.1 Å². The van der Waals surface area contributed by atoms with Gasteiger partial charge < -0.3 is 18.8 Å². The molecule has 0 N–H and O–H groups in total. The van der Waals surface area contributed by atoms with Gasteiger partial charge in [0.05, 0.1) is 43.6 Å². The van der Waals surface area contributed by atoms with Gasteiger partial charge in [-0.05, 0) is 22.8 Å². The number of methoxy groups -OCH3 is 1. The SMILES string of the molecule is COCCN(C)C(=O)c1cn(Cc2cncn2CCCOS(C)(=O)=O)cc1-c1cccc2ccccc12. The molecule has 10 heteroatoms. The summed E-state index contributed by atoms with van der Waals surface area (Å²) in [4.78, 5) is 19.4. The summed E-state index contributed by atoms with van der Waals surface area (Å²) >= 11 is 0. The average molecular weight is 525 g/mol. The number of fused-ring (bicyclic) bond motifs is 1. The summed E-state index contributed by atoms with van der Waals surface area (Å²) in [7, 11) is -0.0671. The van der Waals surface area contributed by atoms with Crippen LogP contribution in [0.2, 0.25) is 0 Å². The summed E-state index contributed by atoms with van der Waals surface area (Å²) in [5.74, 6) is -0.0786. The highest BCUT2D eigenvalue weighted by Crippen LogP contribution is 2.32. The molecule has 2 aromatic carbocycles. The molecule has 1 amide bonds. The normalized spacial score (nSPS) is 11.8. The van der Waals surface area contributed by atoms with Crippen molar-refractivity contribution in [3.05, 3.63) is 78.6 Å². The van der Waals surface area contributed by atoms with Gasteiger partial charge in [-0.25, -0.2) is 4.98 Å². The Kier molecular flexibility index (Phi) is 8.42. The number of aromatic nitrogens is 3. The first-order valence-electron chi connectivity index (χ1n) is 12.0. The van der Waals surface area contributed by atoms with Gasteiger partial charge in [-0.15, -0.1) is 0 Å². The molecule has 0 fully saturated rings. The maximum Gasteiger partial charge on any atom is 0.264 e. The Morgan fingerprint density at radius 2 is 1.84 bits per heavy atom. The molecule has 0 atom stereocenters. The molecule has 0 aliphatic carbocycles. The molecule has 0 unspecified atom stereocenters. The van der Waals surface area contributed by atoms with Crippen LogP contribution in [0.5, 0.6) is 0 Å². The van der Waals surface area contributed by atoms with Crippen LogP contribution >= 0.6 is 0 Å². The number of hydrogen-bond acceptors (Lipinski definition) is 6. The average Bonchev–Trinajstić information content (AvgIpc) is 3.50. The van der Waals surface area contributed by atoms with Crippen molar-refractivity contribution in [1.29, 1.82) is 0 Å². The van der Waals surface area contributed by atoms with Crippen molar-refractivity contribution in [2.45, 2.75) is 19.5 Å². The monoisotopic (exact) mass is 524 g/mol. The second-order valence-corrected chi connectivity index (χ2v) is 10.6. The van der Waals surface area contributed by atoms with Crippen molar-refractivity contribution in [1.82, 2.24) is 19.0 Å². The van der Waals surface area contributed by atoms with Gasteiger partial charge in [0.25, 0.3) is 16.0 Å². The summed E-state index contributed by atoms with van der Waals surface area (Å²) in [6.45, 7) is 2.11. The lowest BCUT2D eigenvalue weighted by Crippen LogP contribution is -2.30. The predicted octanol–water partition coefficient (Wildman–Crippen LogP) is 3.64. The fourth-order valence-electron chi connectivity index (χ4n) is 4.29. The van der Waals surface area contributed by atoms with E-state index in [-0.39, 0.29) is 12.5 Å². The molecule has 0 aliphatic heterocycles. The van der Waals surface area contributed by atoms with Crippen molar-refractivity contribution >= 4 is 26.8 Å². The number of likely N-dealkylation sites (N-methyl/N-ethyl adjacent to an activating group) is 1. The van der Waals surface area contributed by atoms with Gasteiger partial charge in [0.15, 0.2) is 0 Å². The summed E-state index contributed by atoms with van der Waals surface area (Å²) in [5.41, 5.74) is 3.40. The minimum absolute atomic E-state index is 0.0786. The first-order valence-corrected chi connectivity index (χ1v) is 13.8. The van der Waals surface area contributed by atoms with Crippen molar-refractivity contribution in [2.75, 3.05) is 40.2 Å². The predicted molar refractivity (Wildman–Crippen MR) is 143 cm³/mol. The van der Waals surface area contributed by atoms with Crippen LogP contribution < -0.4 is 0 Å². The van der Waals surface area contributed by atoms with E-state index < -0.39 is 10.1 Å². The van der Waals surface area contributed by atoms with Gasteiger partial charge in [0.1, 0.15) is 0 Å². The third-order valence-corrected chi connectivity index (χ3v) is 6.75. The Balaban J connectivity index is 1.65. The fourth-order valence-corrected chi connectivity index (χ4v) is 4.71. The van der Waals surface area contributed by atoms with E-state index in [1.807, 2.05) is 45.8 Å². The number of ether oxygens (including phenoxy) is 1. The van der Waals surface area contributed by atoms with E-state index in [4.69, 9.17) is 8.92 Å². The lowest BCUT2D eigenvalue weighted by Gasteiger charge is -2.17. The molecule has 2 heterocycles. The van der Waals surface area contributed by atoms with Crippen LogP contribution in [0, 0.1) is 0 Å². The Morgan fingerprint density at radius 3 is 2.62 bits per heavy atom. The molecular weight excluding hydrogens is 492 g/mol. The standard InChI is InChI=1S/C27H32N4O5S/c1-29(13-15-35-2)27(32)26-19-30(17-22-16-28-20-31(22)12-7-14-36-37(3,33)34)18-25(26)24-11-6-9-21-8-4-5-10-23(21)24/h4-6,8-11,16,18-20H,7,12-15,17H2,1-3H3. The van der Waals surface area contributed by atoms with Crippen molar-refractivity contribution in [3.8, 4) is 11.1 Å². The molecule has 4 rings (SSSR count). The van der Waals surface area contributed by atoms with Gasteiger partial charge in [0.2, 0.25) is 0 Å². The quantitative estimate of drug-likeness (QED) is 0.207. The molecule has 0 spiro atoms. The number of imidazole rings is 1. The first kappa shape index (κ1) is 26.6. The zero-order chi connectivity index (χ0) is 26.4. The maximum atomic E-state index is 13.5. The number of nitrogens with zero attached hydrogens (tertiary/aromatic N) is 4. The number of aryl methyl sites for hydroxylation is 1. The van der Waals surface area contributed by atoms with Gasteiger partial charge in [0, 0.05) is 51.4 Å². The van der Waals surface area contributed by atoms with E-state index in [2.05, 4.69) is 23.2 Å². The second kappa shape index (κ2) is 11.7. The molecule has 0 radical (unpaired) electrons. The molecule has 2 aromatic heterocycles. The second-order valence-electron chi connectivity index (χ2n) is 8.96. The largest absolute Gasteiger partial charge is 0.383 e. The third kappa shape index (κ3) is 6.65. The third-order valence-electron chi connectivity index (χ3n) is 6.15. The minimum atomic E-state index is -3.46. The van der Waals surface area contributed by atoms with Crippen LogP contribution in [0.1, 0.15) is 22.5 Å². The molecule has 9 nitrogen and oxygen atoms in total. The first-order chi connectivity index (χ1) is 17.8. The van der Waals surface area contributed by atoms with E-state index in [1.165, 1.54) is 0 Å². The Labute approximate surface area is 217 Å². The topological polar surface area (TPSA) is 95.7 Å². The van der Waals surface area contributed by atoms with E-state index in [1.54, 1.807) is 31.6 Å². The van der Waals surface area contributed by atoms with Crippen LogP contribution in [0.25, 0.3) is 21.9 Å². The minimum Gasteiger partial charge on any atom is -0.383 e. The smallest absolute Gasteiger partial charge is 0.264 e. The number of rotatable bonds is 12. The number of amides is 1. The summed E-state index contributed by atoms with van der Waals surface area (Å²) < 4.78 is 36.4. The van der Waals surface area contributed by atoms with E-state index in [0.717, 1.165) is 33.8 Å². The van der Waals surface area contributed by atoms with E-state index in [9.17, 15) is 13.2 Å². The van der Waals surface area contributed by atoms with Crippen LogP contribution in [0.4, 0.5) is 0 Å². The van der Waals surface area contributed by atoms with Crippen LogP contribution in [0.3, 0.4) is 0 Å². The molecule has 0 saturated carbocycles. The highest BCUT2D eigenvalue weighted by molar-refractivity contribution is 7.85. The fraction of sp³-hybridized carbons (Fsp3) is 0.333. The number of hydrogen-bond donors (Lipinski definition) is 0. The molecular formula is C27H32N4O5S. The number of benzene rings is 2. The molecule has 196 valence electrons. The zero-order valence-electron chi connectivity index (χ0n) is 21.3. The van der Waals surface area contributed by atoms with Gasteiger partial charge in [-0.2, -0.15) is 8.42 Å². The lowest BCUT2D eigenvalue weighted by molar-refractivity contribution is 0.0745. The van der Waals surface area contributed by atoms with Gasteiger partial charge in [-0.1, -0.05) is 42.5 Å². The Morgan fingerprint density at radius 1 is 1.05 bits per heavy atom. The zero-order valence-corrected chi connectivity index (χ0v) is 22.1. The molecule has 4 aromatic rings. The molecule has 0 saturated heterocycles. The highest BCUT2D eigenvalue weighted by atomic mass is 32.2.